The predicted molar refractivity (Wildman–Crippen MR) is 48.7 cm³/mol. The highest BCUT2D eigenvalue weighted by atomic mass is 16.5. The van der Waals surface area contributed by atoms with Crippen molar-refractivity contribution in [2.24, 2.45) is 5.92 Å². The second-order valence-corrected chi connectivity index (χ2v) is 3.72. The summed E-state index contributed by atoms with van der Waals surface area (Å²) in [7, 11) is 0. The van der Waals surface area contributed by atoms with Crippen molar-refractivity contribution in [3.63, 3.8) is 0 Å². The van der Waals surface area contributed by atoms with E-state index in [9.17, 15) is 5.11 Å². The second kappa shape index (κ2) is 3.48. The van der Waals surface area contributed by atoms with Gasteiger partial charge in [0, 0.05) is 6.42 Å². The third-order valence-electron chi connectivity index (χ3n) is 2.94. The van der Waals surface area contributed by atoms with Gasteiger partial charge in [0.2, 0.25) is 0 Å². The third kappa shape index (κ3) is 1.63. The SMILES string of the molecule is CCC(C)C(C)(O)C1=COCC1. The van der Waals surface area contributed by atoms with Crippen molar-refractivity contribution in [2.45, 2.75) is 39.2 Å². The molecule has 0 aromatic carbocycles. The molecule has 70 valence electrons. The van der Waals surface area contributed by atoms with Gasteiger partial charge in [0.25, 0.3) is 0 Å². The average Bonchev–Trinajstić information content (AvgIpc) is 2.55. The average molecular weight is 170 g/mol. The molecule has 0 aliphatic carbocycles. The van der Waals surface area contributed by atoms with Crippen molar-refractivity contribution in [1.29, 1.82) is 0 Å². The molecule has 0 aromatic heterocycles. The topological polar surface area (TPSA) is 29.5 Å². The first-order chi connectivity index (χ1) is 5.59. The molecule has 0 aromatic rings. The fraction of sp³-hybridized carbons (Fsp3) is 0.800. The Labute approximate surface area is 74.2 Å². The van der Waals surface area contributed by atoms with Gasteiger partial charge >= 0.3 is 0 Å². The summed E-state index contributed by atoms with van der Waals surface area (Å²) in [4.78, 5) is 0. The van der Waals surface area contributed by atoms with E-state index in [1.165, 1.54) is 0 Å². The Bertz CT molecular complexity index is 182. The Morgan fingerprint density at radius 1 is 1.75 bits per heavy atom. The number of hydrogen-bond donors (Lipinski definition) is 1. The molecule has 0 spiro atoms. The van der Waals surface area contributed by atoms with Crippen molar-refractivity contribution in [2.75, 3.05) is 6.61 Å². The Kier molecular flexibility index (Phi) is 2.78. The van der Waals surface area contributed by atoms with Crippen LogP contribution < -0.4 is 0 Å². The van der Waals surface area contributed by atoms with Crippen LogP contribution in [0.1, 0.15) is 33.6 Å². The summed E-state index contributed by atoms with van der Waals surface area (Å²) < 4.78 is 5.12. The van der Waals surface area contributed by atoms with Gasteiger partial charge in [-0.15, -0.1) is 0 Å². The van der Waals surface area contributed by atoms with Crippen LogP contribution in [0.5, 0.6) is 0 Å². The largest absolute Gasteiger partial charge is 0.501 e. The maximum absolute atomic E-state index is 10.1. The van der Waals surface area contributed by atoms with E-state index < -0.39 is 5.60 Å². The molecular weight excluding hydrogens is 152 g/mol. The summed E-state index contributed by atoms with van der Waals surface area (Å²) in [5.41, 5.74) is 0.363. The van der Waals surface area contributed by atoms with Gasteiger partial charge in [-0.3, -0.25) is 0 Å². The quantitative estimate of drug-likeness (QED) is 0.702. The minimum Gasteiger partial charge on any atom is -0.501 e. The van der Waals surface area contributed by atoms with Crippen molar-refractivity contribution >= 4 is 0 Å². The van der Waals surface area contributed by atoms with Crippen LogP contribution in [0, 0.1) is 5.92 Å². The van der Waals surface area contributed by atoms with Crippen LogP contribution in [-0.2, 0) is 4.74 Å². The minimum atomic E-state index is -0.675. The number of ether oxygens (including phenoxy) is 1. The molecule has 0 bridgehead atoms. The number of rotatable bonds is 3. The van der Waals surface area contributed by atoms with Gasteiger partial charge in [0.15, 0.2) is 0 Å². The van der Waals surface area contributed by atoms with E-state index in [0.717, 1.165) is 25.0 Å². The lowest BCUT2D eigenvalue weighted by atomic mass is 9.82. The van der Waals surface area contributed by atoms with E-state index in [0.29, 0.717) is 5.92 Å². The molecule has 0 fully saturated rings. The first-order valence-corrected chi connectivity index (χ1v) is 4.62. The summed E-state index contributed by atoms with van der Waals surface area (Å²) in [6.45, 7) is 6.76. The zero-order valence-corrected chi connectivity index (χ0v) is 8.13. The Morgan fingerprint density at radius 3 is 2.83 bits per heavy atom. The summed E-state index contributed by atoms with van der Waals surface area (Å²) in [6.07, 6.45) is 3.58. The highest BCUT2D eigenvalue weighted by Crippen LogP contribution is 2.32. The molecule has 2 heteroatoms. The molecule has 1 aliphatic heterocycles. The lowest BCUT2D eigenvalue weighted by Crippen LogP contribution is -2.34. The number of hydrogen-bond acceptors (Lipinski definition) is 2. The van der Waals surface area contributed by atoms with Crippen LogP contribution in [-0.4, -0.2) is 17.3 Å². The number of aliphatic hydroxyl groups is 1. The predicted octanol–water partition coefficient (Wildman–Crippen LogP) is 2.09. The molecule has 12 heavy (non-hydrogen) atoms. The fourth-order valence-corrected chi connectivity index (χ4v) is 1.47. The zero-order chi connectivity index (χ0) is 9.19. The second-order valence-electron chi connectivity index (χ2n) is 3.72. The fourth-order valence-electron chi connectivity index (χ4n) is 1.47. The molecular formula is C10H18O2. The lowest BCUT2D eigenvalue weighted by Gasteiger charge is -2.30. The van der Waals surface area contributed by atoms with Gasteiger partial charge in [-0.1, -0.05) is 20.3 Å². The van der Waals surface area contributed by atoms with Gasteiger partial charge in [-0.2, -0.15) is 0 Å². The van der Waals surface area contributed by atoms with E-state index in [1.54, 1.807) is 6.26 Å². The van der Waals surface area contributed by atoms with E-state index in [2.05, 4.69) is 13.8 Å². The van der Waals surface area contributed by atoms with E-state index in [4.69, 9.17) is 4.74 Å². The molecule has 1 rings (SSSR count). The monoisotopic (exact) mass is 170 g/mol. The molecule has 0 radical (unpaired) electrons. The van der Waals surface area contributed by atoms with Gasteiger partial charge in [-0.05, 0) is 18.4 Å². The van der Waals surface area contributed by atoms with Crippen molar-refractivity contribution in [1.82, 2.24) is 0 Å². The standard InChI is InChI=1S/C10H18O2/c1-4-8(2)10(3,11)9-5-6-12-7-9/h7-8,11H,4-6H2,1-3H3. The molecule has 0 saturated carbocycles. The molecule has 1 aliphatic rings. The van der Waals surface area contributed by atoms with Crippen LogP contribution in [0.2, 0.25) is 0 Å². The zero-order valence-electron chi connectivity index (χ0n) is 8.13. The first kappa shape index (κ1) is 9.59. The van der Waals surface area contributed by atoms with Crippen LogP contribution in [0.4, 0.5) is 0 Å². The highest BCUT2D eigenvalue weighted by Gasteiger charge is 2.33. The lowest BCUT2D eigenvalue weighted by molar-refractivity contribution is 0.0389. The van der Waals surface area contributed by atoms with Crippen molar-refractivity contribution in [3.8, 4) is 0 Å². The van der Waals surface area contributed by atoms with Gasteiger partial charge in [-0.25, -0.2) is 0 Å². The first-order valence-electron chi connectivity index (χ1n) is 4.62. The summed E-state index contributed by atoms with van der Waals surface area (Å²) in [6, 6.07) is 0. The Balaban J connectivity index is 2.69. The highest BCUT2D eigenvalue weighted by molar-refractivity contribution is 5.16. The molecule has 2 unspecified atom stereocenters. The van der Waals surface area contributed by atoms with Gasteiger partial charge in [0.05, 0.1) is 18.5 Å². The maximum Gasteiger partial charge on any atom is 0.0912 e. The minimum absolute atomic E-state index is 0.297. The van der Waals surface area contributed by atoms with E-state index in [1.807, 2.05) is 6.92 Å². The molecule has 2 nitrogen and oxygen atoms in total. The molecule has 0 amide bonds. The van der Waals surface area contributed by atoms with E-state index in [-0.39, 0.29) is 0 Å². The van der Waals surface area contributed by atoms with Gasteiger partial charge in [0.1, 0.15) is 0 Å². The van der Waals surface area contributed by atoms with Crippen LogP contribution in [0.3, 0.4) is 0 Å². The summed E-state index contributed by atoms with van der Waals surface area (Å²) >= 11 is 0. The normalized spacial score (nSPS) is 24.2. The molecule has 1 N–H and O–H groups in total. The van der Waals surface area contributed by atoms with E-state index >= 15 is 0 Å². The van der Waals surface area contributed by atoms with Gasteiger partial charge < -0.3 is 9.84 Å². The Hall–Kier alpha value is -0.500. The Morgan fingerprint density at radius 2 is 2.42 bits per heavy atom. The molecule has 2 atom stereocenters. The molecule has 0 saturated heterocycles. The van der Waals surface area contributed by atoms with Crippen LogP contribution in [0.25, 0.3) is 0 Å². The summed E-state index contributed by atoms with van der Waals surface area (Å²) in [5.74, 6) is 0.297. The summed E-state index contributed by atoms with van der Waals surface area (Å²) in [5, 5.41) is 10.1. The maximum atomic E-state index is 10.1. The smallest absolute Gasteiger partial charge is 0.0912 e. The van der Waals surface area contributed by atoms with Crippen molar-refractivity contribution < 1.29 is 9.84 Å². The molecule has 1 heterocycles. The van der Waals surface area contributed by atoms with Crippen molar-refractivity contribution in [3.05, 3.63) is 11.8 Å². The third-order valence-corrected chi connectivity index (χ3v) is 2.94. The van der Waals surface area contributed by atoms with Crippen LogP contribution >= 0.6 is 0 Å². The van der Waals surface area contributed by atoms with Crippen LogP contribution in [0.15, 0.2) is 11.8 Å².